The van der Waals surface area contributed by atoms with Gasteiger partial charge in [0.15, 0.2) is 5.13 Å². The lowest BCUT2D eigenvalue weighted by atomic mass is 10.1. The molecule has 4 rings (SSSR count). The molecule has 5 nitrogen and oxygen atoms in total. The van der Waals surface area contributed by atoms with Gasteiger partial charge in [-0.05, 0) is 29.7 Å². The third kappa shape index (κ3) is 5.39. The summed E-state index contributed by atoms with van der Waals surface area (Å²) in [5.41, 5.74) is 4.00. The number of amides is 2. The van der Waals surface area contributed by atoms with Gasteiger partial charge in [0, 0.05) is 13.0 Å². The second kappa shape index (κ2) is 10.2. The fourth-order valence-corrected chi connectivity index (χ4v) is 4.57. The van der Waals surface area contributed by atoms with Crippen molar-refractivity contribution in [2.75, 3.05) is 11.4 Å². The molecule has 0 fully saturated rings. The second-order valence-electron chi connectivity index (χ2n) is 7.65. The Balaban J connectivity index is 1.46. The zero-order valence-corrected chi connectivity index (χ0v) is 18.8. The van der Waals surface area contributed by atoms with E-state index in [1.807, 2.05) is 85.8 Å². The molecule has 4 aromatic rings. The van der Waals surface area contributed by atoms with E-state index in [-0.39, 0.29) is 18.2 Å². The van der Waals surface area contributed by atoms with Crippen molar-refractivity contribution < 1.29 is 9.59 Å². The third-order valence-electron chi connectivity index (χ3n) is 5.19. The summed E-state index contributed by atoms with van der Waals surface area (Å²) in [6.07, 6.45) is 0.516. The van der Waals surface area contributed by atoms with E-state index in [0.29, 0.717) is 24.6 Å². The highest BCUT2D eigenvalue weighted by atomic mass is 32.1. The van der Waals surface area contributed by atoms with Crippen LogP contribution in [0.5, 0.6) is 0 Å². The van der Waals surface area contributed by atoms with Crippen LogP contribution >= 0.6 is 11.3 Å². The summed E-state index contributed by atoms with van der Waals surface area (Å²) in [7, 11) is 0. The molecule has 1 aromatic heterocycles. The predicted octanol–water partition coefficient (Wildman–Crippen LogP) is 4.89. The van der Waals surface area contributed by atoms with E-state index in [1.54, 1.807) is 4.90 Å². The van der Waals surface area contributed by atoms with Crippen molar-refractivity contribution in [1.29, 1.82) is 0 Å². The Labute approximate surface area is 191 Å². The van der Waals surface area contributed by atoms with Crippen molar-refractivity contribution >= 4 is 38.5 Å². The first kappa shape index (κ1) is 21.7. The van der Waals surface area contributed by atoms with Crippen molar-refractivity contribution in [3.05, 3.63) is 95.6 Å². The van der Waals surface area contributed by atoms with Gasteiger partial charge in [0.1, 0.15) is 0 Å². The summed E-state index contributed by atoms with van der Waals surface area (Å²) >= 11 is 1.52. The highest BCUT2D eigenvalue weighted by Gasteiger charge is 2.20. The molecule has 0 aliphatic heterocycles. The number of rotatable bonds is 8. The number of carbonyl (C=O) groups is 2. The van der Waals surface area contributed by atoms with Gasteiger partial charge in [0.25, 0.3) is 0 Å². The number of para-hydroxylation sites is 1. The maximum Gasteiger partial charge on any atom is 0.230 e. The van der Waals surface area contributed by atoms with Gasteiger partial charge in [-0.3, -0.25) is 14.5 Å². The molecule has 2 amide bonds. The van der Waals surface area contributed by atoms with Crippen LogP contribution in [-0.4, -0.2) is 23.3 Å². The van der Waals surface area contributed by atoms with E-state index in [0.717, 1.165) is 26.9 Å². The number of benzene rings is 3. The van der Waals surface area contributed by atoms with Crippen LogP contribution in [0, 0.1) is 6.92 Å². The second-order valence-corrected chi connectivity index (χ2v) is 8.66. The van der Waals surface area contributed by atoms with Crippen molar-refractivity contribution in [3.63, 3.8) is 0 Å². The molecule has 0 saturated carbocycles. The first-order valence-corrected chi connectivity index (χ1v) is 11.4. The zero-order chi connectivity index (χ0) is 22.3. The van der Waals surface area contributed by atoms with Gasteiger partial charge in [-0.1, -0.05) is 84.1 Å². The summed E-state index contributed by atoms with van der Waals surface area (Å²) in [5, 5.41) is 3.54. The SMILES string of the molecule is Cc1cccc2sc(N(Cc3ccccc3)C(=O)CCNC(=O)Cc3ccccc3)nc12. The average molecular weight is 444 g/mol. The first-order valence-electron chi connectivity index (χ1n) is 10.6. The van der Waals surface area contributed by atoms with Crippen LogP contribution in [0.4, 0.5) is 5.13 Å². The minimum absolute atomic E-state index is 0.0643. The van der Waals surface area contributed by atoms with Gasteiger partial charge in [0.05, 0.1) is 23.2 Å². The lowest BCUT2D eigenvalue weighted by molar-refractivity contribution is -0.121. The van der Waals surface area contributed by atoms with Crippen LogP contribution in [-0.2, 0) is 22.6 Å². The molecule has 0 bridgehead atoms. The van der Waals surface area contributed by atoms with Gasteiger partial charge in [-0.25, -0.2) is 4.98 Å². The minimum atomic E-state index is -0.0887. The summed E-state index contributed by atoms with van der Waals surface area (Å²) in [6, 6.07) is 25.5. The number of carbonyl (C=O) groups excluding carboxylic acids is 2. The molecule has 0 saturated heterocycles. The highest BCUT2D eigenvalue weighted by molar-refractivity contribution is 7.22. The number of aromatic nitrogens is 1. The number of nitrogens with one attached hydrogen (secondary N) is 1. The molecule has 0 aliphatic carbocycles. The predicted molar refractivity (Wildman–Crippen MR) is 130 cm³/mol. The Hall–Kier alpha value is -3.51. The quantitative estimate of drug-likeness (QED) is 0.422. The van der Waals surface area contributed by atoms with Crippen LogP contribution in [0.2, 0.25) is 0 Å². The fraction of sp³-hybridized carbons (Fsp3) is 0.192. The molecule has 0 radical (unpaired) electrons. The van der Waals surface area contributed by atoms with E-state index < -0.39 is 0 Å². The van der Waals surface area contributed by atoms with Gasteiger partial charge < -0.3 is 5.32 Å². The number of thiazole rings is 1. The molecule has 32 heavy (non-hydrogen) atoms. The van der Waals surface area contributed by atoms with Gasteiger partial charge in [0.2, 0.25) is 11.8 Å². The van der Waals surface area contributed by atoms with E-state index in [4.69, 9.17) is 4.98 Å². The van der Waals surface area contributed by atoms with E-state index in [9.17, 15) is 9.59 Å². The summed E-state index contributed by atoms with van der Waals surface area (Å²) in [4.78, 5) is 31.9. The van der Waals surface area contributed by atoms with Crippen LogP contribution in [0.25, 0.3) is 10.2 Å². The third-order valence-corrected chi connectivity index (χ3v) is 6.24. The number of anilines is 1. The molecule has 3 aromatic carbocycles. The lowest BCUT2D eigenvalue weighted by Gasteiger charge is -2.20. The van der Waals surface area contributed by atoms with Gasteiger partial charge >= 0.3 is 0 Å². The minimum Gasteiger partial charge on any atom is -0.355 e. The Bertz CT molecular complexity index is 1210. The summed E-state index contributed by atoms with van der Waals surface area (Å²) in [5.74, 6) is -0.153. The molecular formula is C26H25N3O2S. The molecular weight excluding hydrogens is 418 g/mol. The maximum absolute atomic E-state index is 13.2. The Kier molecular flexibility index (Phi) is 6.92. The van der Waals surface area contributed by atoms with Crippen molar-refractivity contribution in [2.24, 2.45) is 0 Å². The molecule has 0 spiro atoms. The average Bonchev–Trinajstić information content (AvgIpc) is 3.24. The summed E-state index contributed by atoms with van der Waals surface area (Å²) < 4.78 is 1.06. The molecule has 0 aliphatic rings. The molecule has 0 unspecified atom stereocenters. The monoisotopic (exact) mass is 443 g/mol. The molecule has 162 valence electrons. The Morgan fingerprint density at radius 2 is 1.59 bits per heavy atom. The normalized spacial score (nSPS) is 10.8. The number of aryl methyl sites for hydroxylation is 1. The maximum atomic E-state index is 13.2. The van der Waals surface area contributed by atoms with Gasteiger partial charge in [-0.15, -0.1) is 0 Å². The standard InChI is InChI=1S/C26H25N3O2S/c1-19-9-8-14-22-25(19)28-26(32-22)29(18-21-12-6-3-7-13-21)24(31)15-16-27-23(30)17-20-10-4-2-5-11-20/h2-14H,15-18H2,1H3,(H,27,30). The molecule has 1 N–H and O–H groups in total. The zero-order valence-electron chi connectivity index (χ0n) is 18.0. The molecule has 6 heteroatoms. The van der Waals surface area contributed by atoms with Crippen LogP contribution in [0.1, 0.15) is 23.1 Å². The number of hydrogen-bond acceptors (Lipinski definition) is 4. The first-order chi connectivity index (χ1) is 15.6. The smallest absolute Gasteiger partial charge is 0.230 e. The molecule has 0 atom stereocenters. The molecule has 1 heterocycles. The largest absolute Gasteiger partial charge is 0.355 e. The number of nitrogens with zero attached hydrogens (tertiary/aromatic N) is 2. The van der Waals surface area contributed by atoms with Gasteiger partial charge in [-0.2, -0.15) is 0 Å². The topological polar surface area (TPSA) is 62.3 Å². The Morgan fingerprint density at radius 3 is 2.28 bits per heavy atom. The van der Waals surface area contributed by atoms with E-state index >= 15 is 0 Å². The lowest BCUT2D eigenvalue weighted by Crippen LogP contribution is -2.34. The van der Waals surface area contributed by atoms with Crippen LogP contribution in [0.15, 0.2) is 78.9 Å². The number of hydrogen-bond donors (Lipinski definition) is 1. The van der Waals surface area contributed by atoms with Crippen molar-refractivity contribution in [1.82, 2.24) is 10.3 Å². The Morgan fingerprint density at radius 1 is 0.906 bits per heavy atom. The van der Waals surface area contributed by atoms with Crippen molar-refractivity contribution in [3.8, 4) is 0 Å². The highest BCUT2D eigenvalue weighted by Crippen LogP contribution is 2.31. The fourth-order valence-electron chi connectivity index (χ4n) is 3.51. The van der Waals surface area contributed by atoms with Crippen molar-refractivity contribution in [2.45, 2.75) is 26.3 Å². The number of fused-ring (bicyclic) bond motifs is 1. The van der Waals surface area contributed by atoms with E-state index in [2.05, 4.69) is 5.32 Å². The van der Waals surface area contributed by atoms with Crippen LogP contribution in [0.3, 0.4) is 0 Å². The summed E-state index contributed by atoms with van der Waals surface area (Å²) in [6.45, 7) is 2.76. The van der Waals surface area contributed by atoms with Crippen LogP contribution < -0.4 is 10.2 Å². The van der Waals surface area contributed by atoms with E-state index in [1.165, 1.54) is 11.3 Å².